The number of halogens is 4. The Kier molecular flexibility index (Phi) is 6.31. The van der Waals surface area contributed by atoms with Crippen molar-refractivity contribution in [3.63, 3.8) is 0 Å². The summed E-state index contributed by atoms with van der Waals surface area (Å²) in [6.07, 6.45) is -3.52. The number of rotatable bonds is 7. The van der Waals surface area contributed by atoms with Crippen molar-refractivity contribution in [2.45, 2.75) is 24.9 Å². The van der Waals surface area contributed by atoms with Crippen LogP contribution < -0.4 is 0 Å². The van der Waals surface area contributed by atoms with Gasteiger partial charge in [-0.2, -0.15) is 8.78 Å². The second-order valence-electron chi connectivity index (χ2n) is 5.01. The van der Waals surface area contributed by atoms with E-state index in [1.165, 1.54) is 0 Å². The zero-order chi connectivity index (χ0) is 16.9. The predicted octanol–water partition coefficient (Wildman–Crippen LogP) is 2.07. The first-order valence-corrected chi connectivity index (χ1v) is 6.84. The average Bonchev–Trinajstić information content (AvgIpc) is 3.42. The van der Waals surface area contributed by atoms with Crippen molar-refractivity contribution in [1.82, 2.24) is 0 Å². The number of epoxide rings is 2. The van der Waals surface area contributed by atoms with Crippen molar-refractivity contribution < 1.29 is 42.0 Å². The predicted molar refractivity (Wildman–Crippen MR) is 68.7 cm³/mol. The zero-order valence-electron chi connectivity index (χ0n) is 12.0. The number of aliphatic hydroxyl groups is 1. The lowest BCUT2D eigenvalue weighted by Gasteiger charge is -2.11. The Morgan fingerprint density at radius 1 is 1.17 bits per heavy atom. The minimum Gasteiger partial charge on any atom is -0.392 e. The molecule has 3 rings (SSSR count). The van der Waals surface area contributed by atoms with E-state index >= 15 is 0 Å². The van der Waals surface area contributed by atoms with Crippen molar-refractivity contribution in [3.05, 3.63) is 35.1 Å². The lowest BCUT2D eigenvalue weighted by atomic mass is 10.1. The molecule has 0 bridgehead atoms. The Labute approximate surface area is 129 Å². The molecule has 0 radical (unpaired) electrons. The minimum atomic E-state index is -4.31. The molecular formula is C14H16F4O5. The average molecular weight is 340 g/mol. The van der Waals surface area contributed by atoms with Gasteiger partial charge in [-0.15, -0.1) is 4.94 Å². The van der Waals surface area contributed by atoms with Gasteiger partial charge < -0.3 is 19.3 Å². The monoisotopic (exact) mass is 340 g/mol. The Hall–Kier alpha value is -1.26. The van der Waals surface area contributed by atoms with Crippen molar-refractivity contribution in [3.8, 4) is 0 Å². The Bertz CT molecular complexity index is 494. The number of benzene rings is 1. The second kappa shape index (κ2) is 8.02. The first-order chi connectivity index (χ1) is 11.0. The van der Waals surface area contributed by atoms with Crippen LogP contribution >= 0.6 is 0 Å². The molecule has 0 saturated carbocycles. The molecule has 2 saturated heterocycles. The largest absolute Gasteiger partial charge is 0.415 e. The molecule has 0 aromatic heterocycles. The molecule has 0 spiro atoms. The standard InChI is InChI=1S/C8H6F4O2.C6H10O3/c9-7-3-5(4-13)1-2-6(7)8(10,11)14-12;1(5-3-8-5)7-2-6-4-9-6/h1-3,13H,4H2;5-6H,1-4H2. The fourth-order valence-corrected chi connectivity index (χ4v) is 1.59. The first-order valence-electron chi connectivity index (χ1n) is 6.84. The normalized spacial score (nSPS) is 22.3. The van der Waals surface area contributed by atoms with Crippen LogP contribution in [0.15, 0.2) is 18.2 Å². The molecule has 9 heteroatoms. The molecule has 5 nitrogen and oxygen atoms in total. The summed E-state index contributed by atoms with van der Waals surface area (Å²) in [5.41, 5.74) is -1.10. The molecule has 130 valence electrons. The summed E-state index contributed by atoms with van der Waals surface area (Å²) >= 11 is 0. The van der Waals surface area contributed by atoms with E-state index in [1.807, 2.05) is 0 Å². The van der Waals surface area contributed by atoms with Crippen LogP contribution in [0.1, 0.15) is 11.1 Å². The number of hydrogen-bond donors (Lipinski definition) is 1. The number of hydrogen-bond acceptors (Lipinski definition) is 5. The summed E-state index contributed by atoms with van der Waals surface area (Å²) in [4.78, 5) is 2.34. The van der Waals surface area contributed by atoms with Gasteiger partial charge >= 0.3 is 6.11 Å². The van der Waals surface area contributed by atoms with Crippen LogP contribution in [0.25, 0.3) is 0 Å². The maximum Gasteiger partial charge on any atom is 0.415 e. The Morgan fingerprint density at radius 3 is 2.13 bits per heavy atom. The topological polar surface area (TPSA) is 63.8 Å². The minimum absolute atomic E-state index is 0.112. The lowest BCUT2D eigenvalue weighted by molar-refractivity contribution is -0.365. The third kappa shape index (κ3) is 6.04. The summed E-state index contributed by atoms with van der Waals surface area (Å²) in [5, 5.41) is 8.55. The van der Waals surface area contributed by atoms with Gasteiger partial charge in [0.05, 0.1) is 38.6 Å². The molecule has 0 amide bonds. The highest BCUT2D eigenvalue weighted by atomic mass is 19.4. The number of aliphatic hydroxyl groups excluding tert-OH is 1. The van der Waals surface area contributed by atoms with Gasteiger partial charge in [0.25, 0.3) is 0 Å². The third-order valence-corrected chi connectivity index (χ3v) is 3.04. The van der Waals surface area contributed by atoms with Gasteiger partial charge in [-0.25, -0.2) is 4.39 Å². The molecule has 2 atom stereocenters. The smallest absolute Gasteiger partial charge is 0.392 e. The molecule has 2 aliphatic heterocycles. The molecule has 2 heterocycles. The van der Waals surface area contributed by atoms with Crippen LogP contribution in [-0.2, 0) is 31.9 Å². The van der Waals surface area contributed by atoms with Crippen molar-refractivity contribution in [1.29, 1.82) is 0 Å². The van der Waals surface area contributed by atoms with Gasteiger partial charge in [0, 0.05) is 0 Å². The maximum absolute atomic E-state index is 12.9. The van der Waals surface area contributed by atoms with Crippen LogP contribution in [0.3, 0.4) is 0 Å². The Balaban J connectivity index is 0.000000182. The summed E-state index contributed by atoms with van der Waals surface area (Å²) in [6.45, 7) is 2.77. The molecule has 1 aromatic rings. The van der Waals surface area contributed by atoms with Crippen molar-refractivity contribution in [2.24, 2.45) is 0 Å². The number of ether oxygens (including phenoxy) is 3. The summed E-state index contributed by atoms with van der Waals surface area (Å²) in [5.74, 6) is -1.33. The second-order valence-corrected chi connectivity index (χ2v) is 5.01. The van der Waals surface area contributed by atoms with Crippen LogP contribution in [0.4, 0.5) is 17.7 Å². The molecule has 0 aliphatic carbocycles. The van der Waals surface area contributed by atoms with E-state index in [-0.39, 0.29) is 5.56 Å². The van der Waals surface area contributed by atoms with Gasteiger partial charge in [0.2, 0.25) is 0 Å². The fourth-order valence-electron chi connectivity index (χ4n) is 1.59. The van der Waals surface area contributed by atoms with E-state index in [0.717, 1.165) is 32.5 Å². The molecule has 2 fully saturated rings. The highest BCUT2D eigenvalue weighted by molar-refractivity contribution is 5.26. The fraction of sp³-hybridized carbons (Fsp3) is 0.571. The SMILES string of the molecule is C(OCC1CO1)C1CO1.OCc1ccc(C(F)(F)OF)c(F)c1. The van der Waals surface area contributed by atoms with Crippen molar-refractivity contribution >= 4 is 0 Å². The van der Waals surface area contributed by atoms with Gasteiger partial charge in [-0.05, 0) is 22.2 Å². The summed E-state index contributed by atoms with van der Waals surface area (Å²) in [6, 6.07) is 2.38. The van der Waals surface area contributed by atoms with Crippen molar-refractivity contribution in [2.75, 3.05) is 26.4 Å². The van der Waals surface area contributed by atoms with E-state index in [0.29, 0.717) is 24.3 Å². The van der Waals surface area contributed by atoms with E-state index in [1.54, 1.807) is 0 Å². The molecule has 23 heavy (non-hydrogen) atoms. The summed E-state index contributed by atoms with van der Waals surface area (Å²) in [7, 11) is 0. The lowest BCUT2D eigenvalue weighted by Crippen LogP contribution is -2.16. The Morgan fingerprint density at radius 2 is 1.74 bits per heavy atom. The van der Waals surface area contributed by atoms with E-state index in [4.69, 9.17) is 19.3 Å². The van der Waals surface area contributed by atoms with Crippen LogP contribution in [0.5, 0.6) is 0 Å². The third-order valence-electron chi connectivity index (χ3n) is 3.04. The molecule has 2 aliphatic rings. The zero-order valence-corrected chi connectivity index (χ0v) is 12.0. The van der Waals surface area contributed by atoms with Crippen LogP contribution in [0.2, 0.25) is 0 Å². The quantitative estimate of drug-likeness (QED) is 0.608. The maximum atomic E-state index is 12.9. The summed E-state index contributed by atoms with van der Waals surface area (Å²) < 4.78 is 64.3. The molecular weight excluding hydrogens is 324 g/mol. The highest BCUT2D eigenvalue weighted by Crippen LogP contribution is 2.31. The van der Waals surface area contributed by atoms with Gasteiger partial charge in [0.1, 0.15) is 18.0 Å². The molecule has 1 aromatic carbocycles. The van der Waals surface area contributed by atoms with E-state index < -0.39 is 24.1 Å². The first kappa shape index (κ1) is 18.1. The van der Waals surface area contributed by atoms with E-state index in [2.05, 4.69) is 4.94 Å². The molecule has 1 N–H and O–H groups in total. The van der Waals surface area contributed by atoms with Crippen LogP contribution in [-0.4, -0.2) is 43.7 Å². The van der Waals surface area contributed by atoms with Crippen LogP contribution in [0, 0.1) is 5.82 Å². The number of alkyl halides is 2. The highest BCUT2D eigenvalue weighted by Gasteiger charge is 2.37. The van der Waals surface area contributed by atoms with E-state index in [9.17, 15) is 17.7 Å². The van der Waals surface area contributed by atoms with Gasteiger partial charge in [-0.3, -0.25) is 0 Å². The van der Waals surface area contributed by atoms with Gasteiger partial charge in [0.15, 0.2) is 0 Å². The van der Waals surface area contributed by atoms with Gasteiger partial charge in [-0.1, -0.05) is 6.07 Å². The molecule has 2 unspecified atom stereocenters.